The van der Waals surface area contributed by atoms with E-state index in [-0.39, 0.29) is 17.8 Å². The topological polar surface area (TPSA) is 33.5 Å². The summed E-state index contributed by atoms with van der Waals surface area (Å²) in [6.07, 6.45) is 4.63. The lowest BCUT2D eigenvalue weighted by molar-refractivity contribution is -0.126. The number of hydrogen-bond acceptors (Lipinski definition) is 2. The highest BCUT2D eigenvalue weighted by Crippen LogP contribution is 2.19. The molecule has 2 rings (SSSR count). The zero-order valence-corrected chi connectivity index (χ0v) is 11.4. The molecule has 20 heavy (non-hydrogen) atoms. The maximum atomic E-state index is 12.9. The van der Waals surface area contributed by atoms with Crippen molar-refractivity contribution in [3.05, 3.63) is 65.9 Å². The van der Waals surface area contributed by atoms with Gasteiger partial charge in [0.05, 0.1) is 12.3 Å². The van der Waals surface area contributed by atoms with E-state index in [4.69, 9.17) is 4.42 Å². The Balaban J connectivity index is 2.04. The number of carbonyl (C=O) groups is 1. The largest absolute Gasteiger partial charge is 0.465 e. The molecule has 3 nitrogen and oxygen atoms in total. The van der Waals surface area contributed by atoms with Gasteiger partial charge in [0.1, 0.15) is 11.6 Å². The van der Waals surface area contributed by atoms with Gasteiger partial charge in [-0.2, -0.15) is 0 Å². The molecule has 1 amide bonds. The van der Waals surface area contributed by atoms with E-state index in [2.05, 4.69) is 0 Å². The standard InChI is InChI=1S/C16H16FNO2/c1-12(13-5-7-14(17)8-6-13)18(2)16(19)10-9-15-4-3-11-20-15/h3-12H,1-2H3/b10-9+. The highest BCUT2D eigenvalue weighted by atomic mass is 19.1. The van der Waals surface area contributed by atoms with Crippen LogP contribution in [0.1, 0.15) is 24.3 Å². The maximum absolute atomic E-state index is 12.9. The molecule has 4 heteroatoms. The van der Waals surface area contributed by atoms with Crippen molar-refractivity contribution >= 4 is 12.0 Å². The quantitative estimate of drug-likeness (QED) is 0.797. The van der Waals surface area contributed by atoms with E-state index in [1.807, 2.05) is 6.92 Å². The minimum atomic E-state index is -0.285. The Morgan fingerprint density at radius 3 is 2.60 bits per heavy atom. The third-order valence-corrected chi connectivity index (χ3v) is 3.21. The Hall–Kier alpha value is -2.36. The zero-order valence-electron chi connectivity index (χ0n) is 11.4. The summed E-state index contributed by atoms with van der Waals surface area (Å²) < 4.78 is 18.0. The number of likely N-dealkylation sites (N-methyl/N-ethyl adjacent to an activating group) is 1. The minimum absolute atomic E-state index is 0.135. The van der Waals surface area contributed by atoms with Gasteiger partial charge < -0.3 is 9.32 Å². The smallest absolute Gasteiger partial charge is 0.246 e. The third-order valence-electron chi connectivity index (χ3n) is 3.21. The second kappa shape index (κ2) is 6.19. The molecular formula is C16H16FNO2. The van der Waals surface area contributed by atoms with Gasteiger partial charge in [-0.15, -0.1) is 0 Å². The molecule has 0 bridgehead atoms. The Kier molecular flexibility index (Phi) is 4.35. The monoisotopic (exact) mass is 273 g/mol. The van der Waals surface area contributed by atoms with Crippen LogP contribution in [0.15, 0.2) is 53.2 Å². The lowest BCUT2D eigenvalue weighted by Gasteiger charge is -2.24. The first kappa shape index (κ1) is 14.1. The molecule has 2 aromatic rings. The van der Waals surface area contributed by atoms with Crippen LogP contribution in [0.25, 0.3) is 6.08 Å². The summed E-state index contributed by atoms with van der Waals surface area (Å²) in [5.74, 6) is 0.201. The fourth-order valence-electron chi connectivity index (χ4n) is 1.81. The van der Waals surface area contributed by atoms with E-state index >= 15 is 0 Å². The Morgan fingerprint density at radius 2 is 2.00 bits per heavy atom. The molecule has 1 aromatic heterocycles. The van der Waals surface area contributed by atoms with Crippen LogP contribution in [-0.4, -0.2) is 17.9 Å². The van der Waals surface area contributed by atoms with Crippen molar-refractivity contribution in [2.24, 2.45) is 0 Å². The zero-order chi connectivity index (χ0) is 14.5. The Bertz CT molecular complexity index is 587. The Labute approximate surface area is 117 Å². The van der Waals surface area contributed by atoms with Gasteiger partial charge in [-0.05, 0) is 42.8 Å². The highest BCUT2D eigenvalue weighted by molar-refractivity contribution is 5.91. The van der Waals surface area contributed by atoms with E-state index < -0.39 is 0 Å². The van der Waals surface area contributed by atoms with E-state index in [9.17, 15) is 9.18 Å². The molecule has 1 atom stereocenters. The summed E-state index contributed by atoms with van der Waals surface area (Å²) in [4.78, 5) is 13.6. The second-order valence-corrected chi connectivity index (χ2v) is 4.53. The van der Waals surface area contributed by atoms with Crippen molar-refractivity contribution in [3.8, 4) is 0 Å². The van der Waals surface area contributed by atoms with Crippen LogP contribution in [0.3, 0.4) is 0 Å². The van der Waals surface area contributed by atoms with Gasteiger partial charge in [-0.25, -0.2) is 4.39 Å². The van der Waals surface area contributed by atoms with Crippen molar-refractivity contribution in [1.82, 2.24) is 4.90 Å². The molecule has 0 aliphatic carbocycles. The van der Waals surface area contributed by atoms with Crippen molar-refractivity contribution in [3.63, 3.8) is 0 Å². The summed E-state index contributed by atoms with van der Waals surface area (Å²) in [5.41, 5.74) is 0.883. The molecule has 0 saturated heterocycles. The first-order valence-corrected chi connectivity index (χ1v) is 6.32. The van der Waals surface area contributed by atoms with Crippen molar-refractivity contribution < 1.29 is 13.6 Å². The third kappa shape index (κ3) is 3.35. The maximum Gasteiger partial charge on any atom is 0.246 e. The van der Waals surface area contributed by atoms with Crippen LogP contribution >= 0.6 is 0 Å². The lowest BCUT2D eigenvalue weighted by Crippen LogP contribution is -2.27. The van der Waals surface area contributed by atoms with Crippen LogP contribution in [0.4, 0.5) is 4.39 Å². The van der Waals surface area contributed by atoms with Gasteiger partial charge >= 0.3 is 0 Å². The number of nitrogens with zero attached hydrogens (tertiary/aromatic N) is 1. The molecule has 0 spiro atoms. The SMILES string of the molecule is CC(c1ccc(F)cc1)N(C)C(=O)/C=C/c1ccco1. The molecule has 1 unspecified atom stereocenters. The van der Waals surface area contributed by atoms with Gasteiger partial charge in [-0.3, -0.25) is 4.79 Å². The van der Waals surface area contributed by atoms with Crippen LogP contribution in [0.5, 0.6) is 0 Å². The molecule has 0 aliphatic heterocycles. The Morgan fingerprint density at radius 1 is 1.30 bits per heavy atom. The predicted octanol–water partition coefficient (Wildman–Crippen LogP) is 3.65. The van der Waals surface area contributed by atoms with E-state index in [0.717, 1.165) is 5.56 Å². The number of benzene rings is 1. The fourth-order valence-corrected chi connectivity index (χ4v) is 1.81. The van der Waals surface area contributed by atoms with E-state index in [0.29, 0.717) is 5.76 Å². The normalized spacial score (nSPS) is 12.6. The number of rotatable bonds is 4. The van der Waals surface area contributed by atoms with Crippen molar-refractivity contribution in [2.75, 3.05) is 7.05 Å². The van der Waals surface area contributed by atoms with Crippen LogP contribution in [0.2, 0.25) is 0 Å². The molecule has 0 saturated carbocycles. The first-order valence-electron chi connectivity index (χ1n) is 6.32. The lowest BCUT2D eigenvalue weighted by atomic mass is 10.1. The van der Waals surface area contributed by atoms with Gasteiger partial charge in [-0.1, -0.05) is 12.1 Å². The number of amides is 1. The van der Waals surface area contributed by atoms with Gasteiger partial charge in [0.15, 0.2) is 0 Å². The molecule has 0 radical (unpaired) electrons. The first-order chi connectivity index (χ1) is 9.58. The summed E-state index contributed by atoms with van der Waals surface area (Å²) in [6.45, 7) is 1.89. The van der Waals surface area contributed by atoms with E-state index in [1.165, 1.54) is 18.2 Å². The molecule has 0 N–H and O–H groups in total. The number of halogens is 1. The molecule has 0 aliphatic rings. The van der Waals surface area contributed by atoms with Gasteiger partial charge in [0, 0.05) is 13.1 Å². The van der Waals surface area contributed by atoms with Crippen LogP contribution in [-0.2, 0) is 4.79 Å². The minimum Gasteiger partial charge on any atom is -0.465 e. The number of carbonyl (C=O) groups excluding carboxylic acids is 1. The fraction of sp³-hybridized carbons (Fsp3) is 0.188. The number of furan rings is 1. The highest BCUT2D eigenvalue weighted by Gasteiger charge is 2.15. The summed E-state index contributed by atoms with van der Waals surface area (Å²) in [6, 6.07) is 9.54. The van der Waals surface area contributed by atoms with Gasteiger partial charge in [0.25, 0.3) is 0 Å². The molecule has 104 valence electrons. The second-order valence-electron chi connectivity index (χ2n) is 4.53. The average molecular weight is 273 g/mol. The van der Waals surface area contributed by atoms with Crippen molar-refractivity contribution in [1.29, 1.82) is 0 Å². The summed E-state index contributed by atoms with van der Waals surface area (Å²) >= 11 is 0. The summed E-state index contributed by atoms with van der Waals surface area (Å²) in [5, 5.41) is 0. The van der Waals surface area contributed by atoms with Crippen molar-refractivity contribution in [2.45, 2.75) is 13.0 Å². The summed E-state index contributed by atoms with van der Waals surface area (Å²) in [7, 11) is 1.71. The average Bonchev–Trinajstić information content (AvgIpc) is 2.97. The number of hydrogen-bond donors (Lipinski definition) is 0. The molecule has 0 fully saturated rings. The molecular weight excluding hydrogens is 257 g/mol. The molecule has 1 heterocycles. The van der Waals surface area contributed by atoms with Crippen LogP contribution in [0, 0.1) is 5.82 Å². The van der Waals surface area contributed by atoms with Crippen LogP contribution < -0.4 is 0 Å². The van der Waals surface area contributed by atoms with E-state index in [1.54, 1.807) is 48.6 Å². The molecule has 1 aromatic carbocycles. The predicted molar refractivity (Wildman–Crippen MR) is 75.3 cm³/mol. The van der Waals surface area contributed by atoms with Gasteiger partial charge in [0.2, 0.25) is 5.91 Å².